The Morgan fingerprint density at radius 1 is 0.915 bits per heavy atom. The van der Waals surface area contributed by atoms with Crippen LogP contribution < -0.4 is 25.6 Å². The van der Waals surface area contributed by atoms with Crippen molar-refractivity contribution in [1.29, 1.82) is 0 Å². The number of nitrogens with zero attached hydrogens (tertiary/aromatic N) is 3. The number of fused-ring (bicyclic) bond motifs is 6. The molecule has 5 aliphatic heterocycles. The fourth-order valence-electron chi connectivity index (χ4n) is 14.9. The zero-order chi connectivity index (χ0) is 59.1. The van der Waals surface area contributed by atoms with Gasteiger partial charge in [-0.15, -0.1) is 0 Å². The number of aliphatic hydroxyl groups is 3. The van der Waals surface area contributed by atoms with E-state index in [0.717, 1.165) is 50.5 Å². The van der Waals surface area contributed by atoms with Gasteiger partial charge in [0.25, 0.3) is 5.91 Å². The zero-order valence-electron chi connectivity index (χ0n) is 47.0. The van der Waals surface area contributed by atoms with Crippen LogP contribution in [0.5, 0.6) is 5.75 Å². The van der Waals surface area contributed by atoms with Gasteiger partial charge in [-0.3, -0.25) is 33.8 Å². The van der Waals surface area contributed by atoms with Crippen molar-refractivity contribution in [2.75, 3.05) is 90.2 Å². The van der Waals surface area contributed by atoms with E-state index in [1.165, 1.54) is 7.11 Å². The minimum Gasteiger partial charge on any atom is -0.496 e. The molecule has 2 aromatic carbocycles. The van der Waals surface area contributed by atoms with Crippen LogP contribution in [0.4, 0.5) is 10.5 Å². The number of ether oxygens (including phenoxy) is 4. The Morgan fingerprint density at radius 3 is 2.37 bits per heavy atom. The fraction of sp³-hybridized carbons (Fsp3) is 0.596. The van der Waals surface area contributed by atoms with Crippen molar-refractivity contribution in [2.45, 2.75) is 118 Å². The van der Waals surface area contributed by atoms with Crippen molar-refractivity contribution in [1.82, 2.24) is 30.7 Å². The van der Waals surface area contributed by atoms with Crippen molar-refractivity contribution in [3.8, 4) is 5.75 Å². The fourth-order valence-corrected chi connectivity index (χ4v) is 16.9. The van der Waals surface area contributed by atoms with Gasteiger partial charge < -0.3 is 70.3 Å². The lowest BCUT2D eigenvalue weighted by Crippen LogP contribution is -2.81. The molecule has 25 heteroatoms. The number of carboxylic acid groups (broad SMARTS) is 2. The van der Waals surface area contributed by atoms with Crippen LogP contribution in [0.1, 0.15) is 81.7 Å². The van der Waals surface area contributed by atoms with Gasteiger partial charge in [-0.1, -0.05) is 65.8 Å². The number of aliphatic hydroxyl groups excluding tert-OH is 1. The number of aliphatic carboxylic acids is 2. The summed E-state index contributed by atoms with van der Waals surface area (Å²) in [4.78, 5) is 101. The Bertz CT molecular complexity index is 3000. The van der Waals surface area contributed by atoms with Crippen LogP contribution in [-0.2, 0) is 60.2 Å². The quantitative estimate of drug-likeness (QED) is 0.0320. The largest absolute Gasteiger partial charge is 0.508 e. The summed E-state index contributed by atoms with van der Waals surface area (Å²) < 4.78 is 22.8. The molecule has 1 unspecified atom stereocenters. The molecular formula is C57H75N7O16S2. The Hall–Kier alpha value is -6.09. The molecule has 3 amide bonds. The first-order valence-electron chi connectivity index (χ1n) is 27.8. The van der Waals surface area contributed by atoms with E-state index in [-0.39, 0.29) is 43.6 Å². The van der Waals surface area contributed by atoms with Gasteiger partial charge in [0.15, 0.2) is 5.60 Å². The van der Waals surface area contributed by atoms with Crippen molar-refractivity contribution >= 4 is 80.0 Å². The number of anilines is 1. The molecule has 9 rings (SSSR count). The molecule has 82 heavy (non-hydrogen) atoms. The first kappa shape index (κ1) is 60.5. The number of aromatic amines is 1. The molecule has 23 nitrogen and oxygen atoms in total. The lowest BCUT2D eigenvalue weighted by molar-refractivity contribution is -0.203. The molecule has 2 saturated heterocycles. The first-order valence-corrected chi connectivity index (χ1v) is 30.3. The van der Waals surface area contributed by atoms with Crippen LogP contribution in [0.2, 0.25) is 0 Å². The van der Waals surface area contributed by atoms with Crippen LogP contribution in [-0.4, -0.2) is 209 Å². The smallest absolute Gasteiger partial charge is 0.496 e. The molecule has 1 aliphatic carbocycles. The standard InChI is InChI=1S/C57H75N7O16S2/c1-7-53(75)27-33-28-56(51(73)78-6,44-35(14-19-63(29-33)31-53)34-12-9-10-13-38(34)60-44)37-24-36-41(26-42(37)77-5)62(4)48-55(36)16-20-64-18-11-15-54(8-2,47(55)64)49(71)57(48,76)50(72)58-17-21-79-52(74)80-22-23-81-82-30-40(46(69)70)61-45(68)39(25-43(66)67)59-32(3)65/h9-13,15,24,26,33,39-40,47-49,60,71,75-76H,7-8,14,16-23,25,27-31H2,1-6H3,(H,58,72)(H,59,65)(H,61,68)(H,66,67)(H,69,70)/t33-,39+,40+,47+,48-,49-,53+,54-,55-,56+,57+/m1/s1. The number of rotatable bonds is 21. The minimum atomic E-state index is -2.49. The van der Waals surface area contributed by atoms with E-state index in [9.17, 15) is 44.4 Å². The molecule has 3 aromatic rings. The molecule has 3 fully saturated rings. The second-order valence-corrected chi connectivity index (χ2v) is 25.3. The molecule has 6 aliphatic rings. The summed E-state index contributed by atoms with van der Waals surface area (Å²) in [6, 6.07) is 7.51. The van der Waals surface area contributed by atoms with Crippen LogP contribution >= 0.6 is 21.6 Å². The average Bonchev–Trinajstić information content (AvgIpc) is 1.55. The van der Waals surface area contributed by atoms with Crippen molar-refractivity contribution in [3.05, 3.63) is 70.9 Å². The number of aromatic nitrogens is 1. The number of esters is 1. The molecule has 2 bridgehead atoms. The normalized spacial score (nSPS) is 30.4. The van der Waals surface area contributed by atoms with Gasteiger partial charge >= 0.3 is 24.1 Å². The third-order valence-electron chi connectivity index (χ3n) is 18.2. The third-order valence-corrected chi connectivity index (χ3v) is 20.6. The number of para-hydroxylation sites is 1. The van der Waals surface area contributed by atoms with Gasteiger partial charge in [0.2, 0.25) is 11.8 Å². The number of carbonyl (C=O) groups excluding carboxylic acids is 5. The lowest BCUT2D eigenvalue weighted by Gasteiger charge is -2.63. The second kappa shape index (κ2) is 23.9. The number of piperidine rings is 1. The van der Waals surface area contributed by atoms with Crippen LogP contribution in [0.3, 0.4) is 0 Å². The zero-order valence-corrected chi connectivity index (χ0v) is 48.6. The lowest BCUT2D eigenvalue weighted by atomic mass is 9.47. The Morgan fingerprint density at radius 2 is 1.67 bits per heavy atom. The molecule has 9 N–H and O–H groups in total. The van der Waals surface area contributed by atoms with Gasteiger partial charge in [0.1, 0.15) is 42.6 Å². The number of carbonyl (C=O) groups is 7. The van der Waals surface area contributed by atoms with Crippen LogP contribution in [0.25, 0.3) is 10.9 Å². The van der Waals surface area contributed by atoms with E-state index < -0.39 is 106 Å². The van der Waals surface area contributed by atoms with E-state index in [0.29, 0.717) is 87.5 Å². The summed E-state index contributed by atoms with van der Waals surface area (Å²) in [6.07, 6.45) is 3.12. The Balaban J connectivity index is 0.967. The van der Waals surface area contributed by atoms with Crippen molar-refractivity contribution in [2.24, 2.45) is 11.3 Å². The maximum atomic E-state index is 15.5. The number of hydrogen-bond donors (Lipinski definition) is 9. The molecule has 1 spiro atoms. The van der Waals surface area contributed by atoms with E-state index >= 15 is 9.59 Å². The van der Waals surface area contributed by atoms with Crippen LogP contribution in [0, 0.1) is 11.3 Å². The molecule has 12 atom stereocenters. The van der Waals surface area contributed by atoms with E-state index in [2.05, 4.69) is 36.8 Å². The number of benzene rings is 2. The summed E-state index contributed by atoms with van der Waals surface area (Å²) in [7, 11) is 6.91. The molecule has 6 heterocycles. The predicted molar refractivity (Wildman–Crippen MR) is 304 cm³/mol. The topological polar surface area (TPSA) is 319 Å². The number of H-pyrrole nitrogens is 1. The van der Waals surface area contributed by atoms with Gasteiger partial charge in [-0.05, 0) is 74.2 Å². The maximum Gasteiger partial charge on any atom is 0.508 e. The number of methoxy groups -OCH3 is 2. The molecule has 1 aromatic heterocycles. The number of likely N-dealkylation sites (N-methyl/N-ethyl adjacent to an activating group) is 1. The van der Waals surface area contributed by atoms with E-state index in [1.54, 1.807) is 14.2 Å². The monoisotopic (exact) mass is 1180 g/mol. The highest BCUT2D eigenvalue weighted by atomic mass is 33.1. The average molecular weight is 1180 g/mol. The van der Waals surface area contributed by atoms with E-state index in [4.69, 9.17) is 24.1 Å². The van der Waals surface area contributed by atoms with Gasteiger partial charge in [-0.2, -0.15) is 0 Å². The second-order valence-electron chi connectivity index (χ2n) is 22.7. The van der Waals surface area contributed by atoms with Gasteiger partial charge in [0, 0.05) is 102 Å². The summed E-state index contributed by atoms with van der Waals surface area (Å²) in [6.45, 7) is 7.16. The van der Waals surface area contributed by atoms with Gasteiger partial charge in [0.05, 0.1) is 38.8 Å². The number of amides is 3. The number of carboxylic acids is 2. The maximum absolute atomic E-state index is 15.5. The Kier molecular flexibility index (Phi) is 17.6. The summed E-state index contributed by atoms with van der Waals surface area (Å²) in [5.41, 5.74) is -2.71. The summed E-state index contributed by atoms with van der Waals surface area (Å²) in [5, 5.41) is 65.5. The van der Waals surface area contributed by atoms with Crippen LogP contribution in [0.15, 0.2) is 48.6 Å². The highest BCUT2D eigenvalue weighted by molar-refractivity contribution is 8.76. The van der Waals surface area contributed by atoms with Crippen molar-refractivity contribution < 1.29 is 78.0 Å². The Labute approximate surface area is 482 Å². The molecule has 446 valence electrons. The SMILES string of the molecule is CC[C@]1(O)C[C@H]2CN(CCc3c([nH]c4ccccc34)[C@@](C(=O)OC)(c3cc4c(cc3OC)N(C)[C@H]3[C@@](O)(C(=O)NCCOC(=O)OCCSSC[C@H](NC(=O)[C@H](CC(=O)O)NC(C)=O)C(=O)O)[C@H](O)[C@]5(CC)C=CCN6CC[C@]43[C@@H]65)C2)C1. The molecule has 1 saturated carbocycles. The van der Waals surface area contributed by atoms with Gasteiger partial charge in [-0.25, -0.2) is 9.59 Å². The van der Waals surface area contributed by atoms with Crippen molar-refractivity contribution in [3.63, 3.8) is 0 Å². The third kappa shape index (κ3) is 10.4. The highest BCUT2D eigenvalue weighted by Crippen LogP contribution is 2.67. The molecular weight excluding hydrogens is 1100 g/mol. The number of nitrogens with one attached hydrogen (secondary N) is 4. The first-order chi connectivity index (χ1) is 39.1. The molecule has 0 radical (unpaired) electrons. The highest BCUT2D eigenvalue weighted by Gasteiger charge is 2.78. The number of hydrogen-bond acceptors (Lipinski definition) is 19. The van der Waals surface area contributed by atoms with E-state index in [1.807, 2.05) is 61.2 Å². The summed E-state index contributed by atoms with van der Waals surface area (Å²) >= 11 is 0. The summed E-state index contributed by atoms with van der Waals surface area (Å²) in [5.74, 6) is -5.57. The predicted octanol–water partition coefficient (Wildman–Crippen LogP) is 2.45. The minimum absolute atomic E-state index is 0.154.